The van der Waals surface area contributed by atoms with E-state index in [1.807, 2.05) is 0 Å². The normalized spacial score (nSPS) is 23.0. The molecule has 12 heavy (non-hydrogen) atoms. The van der Waals surface area contributed by atoms with Crippen molar-refractivity contribution in [3.8, 4) is 0 Å². The third-order valence-electron chi connectivity index (χ3n) is 3.68. The van der Waals surface area contributed by atoms with Crippen molar-refractivity contribution < 1.29 is 5.11 Å². The van der Waals surface area contributed by atoms with E-state index in [-0.39, 0.29) is 0 Å². The first-order chi connectivity index (χ1) is 5.71. The van der Waals surface area contributed by atoms with Gasteiger partial charge in [0.15, 0.2) is 0 Å². The molecule has 0 aliphatic heterocycles. The molecule has 0 aromatic carbocycles. The SMILES string of the molecule is CC(C)C1(CCO)CCCCC1. The number of aliphatic hydroxyl groups excluding tert-OH is 1. The molecule has 0 aromatic rings. The average Bonchev–Trinajstić information content (AvgIpc) is 2.06. The van der Waals surface area contributed by atoms with Crippen LogP contribution < -0.4 is 0 Å². The van der Waals surface area contributed by atoms with E-state index < -0.39 is 0 Å². The van der Waals surface area contributed by atoms with Crippen molar-refractivity contribution in [3.05, 3.63) is 0 Å². The third kappa shape index (κ3) is 2.01. The van der Waals surface area contributed by atoms with Gasteiger partial charge in [-0.25, -0.2) is 0 Å². The number of rotatable bonds is 3. The van der Waals surface area contributed by atoms with Crippen molar-refractivity contribution in [3.63, 3.8) is 0 Å². The highest BCUT2D eigenvalue weighted by atomic mass is 16.3. The van der Waals surface area contributed by atoms with Crippen molar-refractivity contribution in [2.75, 3.05) is 6.61 Å². The van der Waals surface area contributed by atoms with Crippen LogP contribution in [0.1, 0.15) is 52.4 Å². The molecule has 1 N–H and O–H groups in total. The monoisotopic (exact) mass is 170 g/mol. The maximum atomic E-state index is 9.03. The van der Waals surface area contributed by atoms with Crippen LogP contribution in [0.4, 0.5) is 0 Å². The summed E-state index contributed by atoms with van der Waals surface area (Å²) < 4.78 is 0. The van der Waals surface area contributed by atoms with Gasteiger partial charge in [-0.1, -0.05) is 33.1 Å². The molecule has 1 heteroatoms. The third-order valence-corrected chi connectivity index (χ3v) is 3.68. The number of aliphatic hydroxyl groups is 1. The molecule has 0 saturated heterocycles. The van der Waals surface area contributed by atoms with Gasteiger partial charge in [0.25, 0.3) is 0 Å². The Balaban J connectivity index is 2.56. The van der Waals surface area contributed by atoms with Crippen LogP contribution in [-0.4, -0.2) is 11.7 Å². The van der Waals surface area contributed by atoms with Gasteiger partial charge >= 0.3 is 0 Å². The van der Waals surface area contributed by atoms with Gasteiger partial charge in [0, 0.05) is 6.61 Å². The fraction of sp³-hybridized carbons (Fsp3) is 1.00. The van der Waals surface area contributed by atoms with Crippen molar-refractivity contribution >= 4 is 0 Å². The lowest BCUT2D eigenvalue weighted by Crippen LogP contribution is -2.30. The van der Waals surface area contributed by atoms with Crippen LogP contribution >= 0.6 is 0 Å². The highest BCUT2D eigenvalue weighted by molar-refractivity contribution is 4.85. The predicted octanol–water partition coefficient (Wildman–Crippen LogP) is 2.98. The van der Waals surface area contributed by atoms with Crippen molar-refractivity contribution in [2.45, 2.75) is 52.4 Å². The van der Waals surface area contributed by atoms with Crippen molar-refractivity contribution in [1.29, 1.82) is 0 Å². The zero-order chi connectivity index (χ0) is 9.03. The summed E-state index contributed by atoms with van der Waals surface area (Å²) in [6.07, 6.45) is 7.84. The van der Waals surface area contributed by atoms with E-state index in [4.69, 9.17) is 5.11 Å². The molecular formula is C11H22O. The van der Waals surface area contributed by atoms with Crippen LogP contribution in [0.3, 0.4) is 0 Å². The summed E-state index contributed by atoms with van der Waals surface area (Å²) in [7, 11) is 0. The average molecular weight is 170 g/mol. The Morgan fingerprint density at radius 1 is 1.17 bits per heavy atom. The molecule has 1 fully saturated rings. The lowest BCUT2D eigenvalue weighted by Gasteiger charge is -2.40. The first-order valence-electron chi connectivity index (χ1n) is 5.32. The summed E-state index contributed by atoms with van der Waals surface area (Å²) in [6, 6.07) is 0. The molecule has 0 bridgehead atoms. The van der Waals surface area contributed by atoms with Gasteiger partial charge < -0.3 is 5.11 Å². The van der Waals surface area contributed by atoms with E-state index >= 15 is 0 Å². The lowest BCUT2D eigenvalue weighted by atomic mass is 9.65. The van der Waals surface area contributed by atoms with E-state index in [1.165, 1.54) is 32.1 Å². The van der Waals surface area contributed by atoms with E-state index in [1.54, 1.807) is 0 Å². The molecule has 1 aliphatic rings. The van der Waals surface area contributed by atoms with E-state index in [9.17, 15) is 0 Å². The van der Waals surface area contributed by atoms with Crippen LogP contribution in [-0.2, 0) is 0 Å². The summed E-state index contributed by atoms with van der Waals surface area (Å²) in [6.45, 7) is 4.99. The van der Waals surface area contributed by atoms with Gasteiger partial charge in [-0.15, -0.1) is 0 Å². The molecule has 1 rings (SSSR count). The second-order valence-electron chi connectivity index (χ2n) is 4.55. The second-order valence-corrected chi connectivity index (χ2v) is 4.55. The molecule has 0 unspecified atom stereocenters. The molecular weight excluding hydrogens is 148 g/mol. The molecule has 0 spiro atoms. The van der Waals surface area contributed by atoms with Gasteiger partial charge in [0.1, 0.15) is 0 Å². The molecule has 1 aliphatic carbocycles. The fourth-order valence-corrected chi connectivity index (χ4v) is 2.59. The van der Waals surface area contributed by atoms with Crippen LogP contribution in [0, 0.1) is 11.3 Å². The van der Waals surface area contributed by atoms with Crippen molar-refractivity contribution in [2.24, 2.45) is 11.3 Å². The van der Waals surface area contributed by atoms with E-state index in [2.05, 4.69) is 13.8 Å². The van der Waals surface area contributed by atoms with Crippen LogP contribution in [0.5, 0.6) is 0 Å². The highest BCUT2D eigenvalue weighted by Gasteiger charge is 2.34. The van der Waals surface area contributed by atoms with E-state index in [0.717, 1.165) is 12.3 Å². The van der Waals surface area contributed by atoms with Gasteiger partial charge in [-0.2, -0.15) is 0 Å². The predicted molar refractivity (Wildman–Crippen MR) is 52.1 cm³/mol. The molecule has 0 aromatic heterocycles. The highest BCUT2D eigenvalue weighted by Crippen LogP contribution is 2.44. The summed E-state index contributed by atoms with van der Waals surface area (Å²) in [5, 5.41) is 9.03. The fourth-order valence-electron chi connectivity index (χ4n) is 2.59. The summed E-state index contributed by atoms with van der Waals surface area (Å²) in [4.78, 5) is 0. The maximum Gasteiger partial charge on any atom is 0.0436 e. The van der Waals surface area contributed by atoms with Crippen LogP contribution in [0.15, 0.2) is 0 Å². The second kappa shape index (κ2) is 4.27. The molecule has 72 valence electrons. The molecule has 1 saturated carbocycles. The molecule has 0 heterocycles. The summed E-state index contributed by atoms with van der Waals surface area (Å²) in [5.74, 6) is 0.741. The first-order valence-corrected chi connectivity index (χ1v) is 5.32. The zero-order valence-corrected chi connectivity index (χ0v) is 8.47. The number of hydrogen-bond donors (Lipinski definition) is 1. The Morgan fingerprint density at radius 2 is 1.75 bits per heavy atom. The van der Waals surface area contributed by atoms with Gasteiger partial charge in [0.05, 0.1) is 0 Å². The summed E-state index contributed by atoms with van der Waals surface area (Å²) in [5.41, 5.74) is 0.479. The standard InChI is InChI=1S/C11H22O/c1-10(2)11(8-9-12)6-4-3-5-7-11/h10,12H,3-9H2,1-2H3. The lowest BCUT2D eigenvalue weighted by molar-refractivity contribution is 0.0775. The quantitative estimate of drug-likeness (QED) is 0.690. The largest absolute Gasteiger partial charge is 0.396 e. The minimum atomic E-state index is 0.373. The van der Waals surface area contributed by atoms with E-state index in [0.29, 0.717) is 12.0 Å². The maximum absolute atomic E-state index is 9.03. The Labute approximate surface area is 76.2 Å². The minimum absolute atomic E-state index is 0.373. The zero-order valence-electron chi connectivity index (χ0n) is 8.47. The minimum Gasteiger partial charge on any atom is -0.396 e. The van der Waals surface area contributed by atoms with Gasteiger partial charge in [0.2, 0.25) is 0 Å². The molecule has 1 nitrogen and oxygen atoms in total. The Bertz CT molecular complexity index is 117. The van der Waals surface area contributed by atoms with Crippen molar-refractivity contribution in [1.82, 2.24) is 0 Å². The molecule has 0 radical (unpaired) electrons. The number of hydrogen-bond acceptors (Lipinski definition) is 1. The Morgan fingerprint density at radius 3 is 2.17 bits per heavy atom. The summed E-state index contributed by atoms with van der Waals surface area (Å²) >= 11 is 0. The smallest absolute Gasteiger partial charge is 0.0436 e. The molecule has 0 atom stereocenters. The van der Waals surface area contributed by atoms with Crippen LogP contribution in [0.25, 0.3) is 0 Å². The Kier molecular flexibility index (Phi) is 3.57. The van der Waals surface area contributed by atoms with Gasteiger partial charge in [-0.3, -0.25) is 0 Å². The Hall–Kier alpha value is -0.0400. The topological polar surface area (TPSA) is 20.2 Å². The molecule has 0 amide bonds. The first kappa shape index (κ1) is 10.0. The van der Waals surface area contributed by atoms with Gasteiger partial charge in [-0.05, 0) is 30.6 Å². The van der Waals surface area contributed by atoms with Crippen LogP contribution in [0.2, 0.25) is 0 Å².